The molecular formula is C11H16N2O2. The maximum Gasteiger partial charge on any atom is 0.204 e. The minimum Gasteiger partial charge on any atom is -0.508 e. The Labute approximate surface area is 89.1 Å². The number of phenolic OH excluding ortho intramolecular Hbond substituents is 1. The van der Waals surface area contributed by atoms with Gasteiger partial charge in [-0.1, -0.05) is 6.07 Å². The van der Waals surface area contributed by atoms with E-state index >= 15 is 0 Å². The van der Waals surface area contributed by atoms with Crippen LogP contribution in [0.4, 0.5) is 0 Å². The molecule has 0 bridgehead atoms. The Morgan fingerprint density at radius 3 is 2.87 bits per heavy atom. The number of nitrogens with one attached hydrogen (secondary N) is 1. The number of fused-ring (bicyclic) bond motifs is 1. The van der Waals surface area contributed by atoms with Gasteiger partial charge in [-0.25, -0.2) is 0 Å². The number of carbonyl (C=O) groups excluding carboxylic acids is 1. The maximum atomic E-state index is 9.25. The van der Waals surface area contributed by atoms with Crippen molar-refractivity contribution in [2.24, 2.45) is 5.73 Å². The van der Waals surface area contributed by atoms with Gasteiger partial charge in [0.1, 0.15) is 5.75 Å². The van der Waals surface area contributed by atoms with Crippen LogP contribution in [0.2, 0.25) is 0 Å². The van der Waals surface area contributed by atoms with Gasteiger partial charge < -0.3 is 16.2 Å². The second-order valence-electron chi connectivity index (χ2n) is 3.58. The summed E-state index contributed by atoms with van der Waals surface area (Å²) in [4.78, 5) is 8.58. The molecule has 4 heteroatoms. The number of hydrogen-bond acceptors (Lipinski definition) is 3. The number of phenols is 1. The normalized spacial score (nSPS) is 18.3. The SMILES string of the molecule is CC1Cc2cc(O)ccc2CN1.NC=O. The molecule has 1 unspecified atom stereocenters. The average molecular weight is 208 g/mol. The van der Waals surface area contributed by atoms with Crippen molar-refractivity contribution in [1.82, 2.24) is 5.32 Å². The van der Waals surface area contributed by atoms with E-state index in [0.717, 1.165) is 13.0 Å². The van der Waals surface area contributed by atoms with Crippen LogP contribution in [0.15, 0.2) is 18.2 Å². The highest BCUT2D eigenvalue weighted by atomic mass is 16.3. The zero-order chi connectivity index (χ0) is 11.3. The zero-order valence-electron chi connectivity index (χ0n) is 8.73. The first-order chi connectivity index (χ1) is 7.17. The fraction of sp³-hybridized carbons (Fsp3) is 0.364. The molecule has 0 saturated heterocycles. The van der Waals surface area contributed by atoms with E-state index < -0.39 is 0 Å². The second kappa shape index (κ2) is 5.36. The van der Waals surface area contributed by atoms with Gasteiger partial charge in [-0.3, -0.25) is 4.79 Å². The third kappa shape index (κ3) is 3.25. The van der Waals surface area contributed by atoms with E-state index in [1.165, 1.54) is 11.1 Å². The summed E-state index contributed by atoms with van der Waals surface area (Å²) < 4.78 is 0. The number of primary amides is 1. The average Bonchev–Trinajstić information content (AvgIpc) is 2.18. The highest BCUT2D eigenvalue weighted by molar-refractivity contribution is 5.42. The topological polar surface area (TPSA) is 75.3 Å². The summed E-state index contributed by atoms with van der Waals surface area (Å²) >= 11 is 0. The van der Waals surface area contributed by atoms with Gasteiger partial charge in [-0.05, 0) is 36.6 Å². The van der Waals surface area contributed by atoms with E-state index in [4.69, 9.17) is 4.79 Å². The van der Waals surface area contributed by atoms with Crippen LogP contribution in [0.3, 0.4) is 0 Å². The fourth-order valence-corrected chi connectivity index (χ4v) is 1.66. The van der Waals surface area contributed by atoms with Gasteiger partial charge in [-0.2, -0.15) is 0 Å². The van der Waals surface area contributed by atoms with Crippen molar-refractivity contribution in [3.63, 3.8) is 0 Å². The fourth-order valence-electron chi connectivity index (χ4n) is 1.66. The Morgan fingerprint density at radius 2 is 2.20 bits per heavy atom. The molecule has 4 nitrogen and oxygen atoms in total. The number of aromatic hydroxyl groups is 1. The Hall–Kier alpha value is -1.55. The van der Waals surface area contributed by atoms with Crippen LogP contribution in [-0.2, 0) is 17.8 Å². The monoisotopic (exact) mass is 208 g/mol. The third-order valence-electron chi connectivity index (χ3n) is 2.36. The van der Waals surface area contributed by atoms with Gasteiger partial charge in [0.15, 0.2) is 0 Å². The summed E-state index contributed by atoms with van der Waals surface area (Å²) in [6.45, 7) is 3.09. The molecule has 1 aliphatic heterocycles. The van der Waals surface area contributed by atoms with Crippen molar-refractivity contribution in [1.29, 1.82) is 0 Å². The molecule has 1 atom stereocenters. The summed E-state index contributed by atoms with van der Waals surface area (Å²) in [5, 5.41) is 12.6. The molecule has 1 heterocycles. The molecule has 1 aromatic carbocycles. The summed E-state index contributed by atoms with van der Waals surface area (Å²) in [6.07, 6.45) is 1.27. The van der Waals surface area contributed by atoms with Crippen LogP contribution >= 0.6 is 0 Å². The van der Waals surface area contributed by atoms with Crippen LogP contribution in [0.25, 0.3) is 0 Å². The lowest BCUT2D eigenvalue weighted by molar-refractivity contribution is -0.106. The standard InChI is InChI=1S/C10H13NO.CH3NO/c1-7-4-9-5-10(12)3-2-8(9)6-11-7;2-1-3/h2-3,5,7,11-12H,4,6H2,1H3;1H,(H2,2,3). The van der Waals surface area contributed by atoms with E-state index in [1.54, 1.807) is 6.07 Å². The summed E-state index contributed by atoms with van der Waals surface area (Å²) in [5.41, 5.74) is 6.76. The summed E-state index contributed by atoms with van der Waals surface area (Å²) in [5.74, 6) is 0.378. The zero-order valence-corrected chi connectivity index (χ0v) is 8.73. The Morgan fingerprint density at radius 1 is 1.53 bits per heavy atom. The van der Waals surface area contributed by atoms with E-state index in [1.807, 2.05) is 12.1 Å². The predicted octanol–water partition coefficient (Wildman–Crippen LogP) is 0.528. The van der Waals surface area contributed by atoms with Crippen molar-refractivity contribution < 1.29 is 9.90 Å². The van der Waals surface area contributed by atoms with Crippen LogP contribution < -0.4 is 11.1 Å². The molecule has 0 spiro atoms. The molecule has 0 saturated carbocycles. The van der Waals surface area contributed by atoms with Gasteiger partial charge in [0.25, 0.3) is 0 Å². The molecule has 2 rings (SSSR count). The lowest BCUT2D eigenvalue weighted by Crippen LogP contribution is -2.32. The minimum atomic E-state index is 0.250. The molecule has 0 aromatic heterocycles. The molecule has 0 fully saturated rings. The Balaban J connectivity index is 0.000000337. The molecule has 1 aromatic rings. The first kappa shape index (κ1) is 11.5. The first-order valence-corrected chi connectivity index (χ1v) is 4.87. The van der Waals surface area contributed by atoms with Gasteiger partial charge in [-0.15, -0.1) is 0 Å². The van der Waals surface area contributed by atoms with E-state index in [2.05, 4.69) is 18.0 Å². The van der Waals surface area contributed by atoms with Crippen molar-refractivity contribution in [2.45, 2.75) is 25.9 Å². The molecular weight excluding hydrogens is 192 g/mol. The third-order valence-corrected chi connectivity index (χ3v) is 2.36. The van der Waals surface area contributed by atoms with E-state index in [9.17, 15) is 5.11 Å². The molecule has 15 heavy (non-hydrogen) atoms. The number of amides is 1. The van der Waals surface area contributed by atoms with Crippen LogP contribution in [0, 0.1) is 0 Å². The lowest BCUT2D eigenvalue weighted by Gasteiger charge is -2.22. The molecule has 82 valence electrons. The van der Waals surface area contributed by atoms with Crippen LogP contribution in [0.1, 0.15) is 18.1 Å². The highest BCUT2D eigenvalue weighted by Gasteiger charge is 2.13. The molecule has 0 aliphatic carbocycles. The summed E-state index contributed by atoms with van der Waals surface area (Å²) in [7, 11) is 0. The molecule has 1 aliphatic rings. The van der Waals surface area contributed by atoms with Crippen molar-refractivity contribution in [3.8, 4) is 5.75 Å². The quantitative estimate of drug-likeness (QED) is 0.544. The predicted molar refractivity (Wildman–Crippen MR) is 58.4 cm³/mol. The van der Waals surface area contributed by atoms with Gasteiger partial charge in [0, 0.05) is 12.6 Å². The van der Waals surface area contributed by atoms with Crippen LogP contribution in [-0.4, -0.2) is 17.6 Å². The number of hydrogen-bond donors (Lipinski definition) is 3. The van der Waals surface area contributed by atoms with E-state index in [-0.39, 0.29) is 6.41 Å². The summed E-state index contributed by atoms with van der Waals surface area (Å²) in [6, 6.07) is 6.13. The van der Waals surface area contributed by atoms with Crippen molar-refractivity contribution >= 4 is 6.41 Å². The van der Waals surface area contributed by atoms with Crippen LogP contribution in [0.5, 0.6) is 5.75 Å². The minimum absolute atomic E-state index is 0.250. The van der Waals surface area contributed by atoms with Gasteiger partial charge in [0.2, 0.25) is 6.41 Å². The second-order valence-corrected chi connectivity index (χ2v) is 3.58. The highest BCUT2D eigenvalue weighted by Crippen LogP contribution is 2.21. The smallest absolute Gasteiger partial charge is 0.204 e. The number of benzene rings is 1. The first-order valence-electron chi connectivity index (χ1n) is 4.87. The number of carbonyl (C=O) groups is 1. The van der Waals surface area contributed by atoms with Gasteiger partial charge >= 0.3 is 0 Å². The Kier molecular flexibility index (Phi) is 4.12. The molecule has 4 N–H and O–H groups in total. The van der Waals surface area contributed by atoms with Gasteiger partial charge in [0.05, 0.1) is 0 Å². The molecule has 0 radical (unpaired) electrons. The number of rotatable bonds is 0. The maximum absolute atomic E-state index is 9.25. The number of nitrogens with two attached hydrogens (primary N) is 1. The Bertz CT molecular complexity index is 339. The molecule has 1 amide bonds. The van der Waals surface area contributed by atoms with Crippen molar-refractivity contribution in [2.75, 3.05) is 0 Å². The van der Waals surface area contributed by atoms with Crippen molar-refractivity contribution in [3.05, 3.63) is 29.3 Å². The van der Waals surface area contributed by atoms with E-state index in [0.29, 0.717) is 11.8 Å². The lowest BCUT2D eigenvalue weighted by atomic mass is 9.96. The largest absolute Gasteiger partial charge is 0.508 e.